The molecule has 1 fully saturated rings. The SMILES string of the molecule is CCCc1c(C2CC2c2ccccc2CC)oc2ccc(C(=O)O)cc2c1=O. The standard InChI is InChI=1S/C24H24O4/c1-3-7-17-22(25)20-12-15(24(26)27)10-11-21(20)28-23(17)19-13-18(19)16-9-6-5-8-14(16)4-2/h5-6,8-12,18-19H,3-4,7,13H2,1-2H3,(H,26,27). The first-order chi connectivity index (χ1) is 13.5. The molecule has 2 atom stereocenters. The average Bonchev–Trinajstić information content (AvgIpc) is 3.50. The van der Waals surface area contributed by atoms with E-state index in [1.807, 2.05) is 6.92 Å². The summed E-state index contributed by atoms with van der Waals surface area (Å²) in [5, 5.41) is 9.60. The number of aromatic carboxylic acids is 1. The van der Waals surface area contributed by atoms with Crippen LogP contribution in [-0.2, 0) is 12.8 Å². The first-order valence-corrected chi connectivity index (χ1v) is 9.95. The van der Waals surface area contributed by atoms with Crippen LogP contribution in [0.3, 0.4) is 0 Å². The fourth-order valence-corrected chi connectivity index (χ4v) is 4.22. The predicted octanol–water partition coefficient (Wildman–Crippen LogP) is 5.28. The van der Waals surface area contributed by atoms with Gasteiger partial charge in [0.2, 0.25) is 0 Å². The summed E-state index contributed by atoms with van der Waals surface area (Å²) in [4.78, 5) is 24.4. The molecule has 0 radical (unpaired) electrons. The van der Waals surface area contributed by atoms with Crippen LogP contribution in [0.1, 0.15) is 71.3 Å². The van der Waals surface area contributed by atoms with Gasteiger partial charge in [-0.25, -0.2) is 4.79 Å². The smallest absolute Gasteiger partial charge is 0.335 e. The van der Waals surface area contributed by atoms with Crippen molar-refractivity contribution in [3.63, 3.8) is 0 Å². The molecular weight excluding hydrogens is 352 g/mol. The van der Waals surface area contributed by atoms with Crippen LogP contribution >= 0.6 is 0 Å². The Kier molecular flexibility index (Phi) is 4.80. The Labute approximate surface area is 163 Å². The zero-order chi connectivity index (χ0) is 19.8. The predicted molar refractivity (Wildman–Crippen MR) is 109 cm³/mol. The van der Waals surface area contributed by atoms with Gasteiger partial charge in [0, 0.05) is 11.5 Å². The number of fused-ring (bicyclic) bond motifs is 1. The molecule has 1 aliphatic carbocycles. The maximum Gasteiger partial charge on any atom is 0.335 e. The Morgan fingerprint density at radius 1 is 1.14 bits per heavy atom. The molecule has 144 valence electrons. The van der Waals surface area contributed by atoms with Crippen molar-refractivity contribution < 1.29 is 14.3 Å². The van der Waals surface area contributed by atoms with Crippen LogP contribution in [0.15, 0.2) is 51.7 Å². The summed E-state index contributed by atoms with van der Waals surface area (Å²) < 4.78 is 6.22. The molecule has 1 aliphatic rings. The van der Waals surface area contributed by atoms with Crippen molar-refractivity contribution in [2.45, 2.75) is 51.4 Å². The van der Waals surface area contributed by atoms with Crippen LogP contribution < -0.4 is 5.43 Å². The van der Waals surface area contributed by atoms with Gasteiger partial charge in [0.1, 0.15) is 11.3 Å². The Morgan fingerprint density at radius 3 is 2.64 bits per heavy atom. The third-order valence-electron chi connectivity index (χ3n) is 5.73. The highest BCUT2D eigenvalue weighted by molar-refractivity contribution is 5.92. The normalized spacial score (nSPS) is 18.4. The van der Waals surface area contributed by atoms with Gasteiger partial charge in [-0.05, 0) is 54.5 Å². The first-order valence-electron chi connectivity index (χ1n) is 9.95. The topological polar surface area (TPSA) is 67.5 Å². The number of carboxylic acids is 1. The van der Waals surface area contributed by atoms with Gasteiger partial charge in [-0.3, -0.25) is 4.79 Å². The number of hydrogen-bond acceptors (Lipinski definition) is 3. The molecule has 1 N–H and O–H groups in total. The van der Waals surface area contributed by atoms with Gasteiger partial charge in [-0.2, -0.15) is 0 Å². The van der Waals surface area contributed by atoms with E-state index in [0.717, 1.165) is 25.0 Å². The van der Waals surface area contributed by atoms with E-state index in [-0.39, 0.29) is 16.9 Å². The van der Waals surface area contributed by atoms with Crippen molar-refractivity contribution in [1.29, 1.82) is 0 Å². The molecule has 1 aromatic heterocycles. The van der Waals surface area contributed by atoms with E-state index >= 15 is 0 Å². The Hall–Kier alpha value is -2.88. The van der Waals surface area contributed by atoms with Gasteiger partial charge in [0.25, 0.3) is 0 Å². The van der Waals surface area contributed by atoms with Crippen molar-refractivity contribution in [2.24, 2.45) is 0 Å². The van der Waals surface area contributed by atoms with E-state index in [1.165, 1.54) is 23.3 Å². The van der Waals surface area contributed by atoms with E-state index in [1.54, 1.807) is 6.07 Å². The number of rotatable bonds is 6. The molecule has 1 heterocycles. The molecule has 28 heavy (non-hydrogen) atoms. The van der Waals surface area contributed by atoms with Crippen molar-refractivity contribution in [1.82, 2.24) is 0 Å². The lowest BCUT2D eigenvalue weighted by atomic mass is 9.97. The maximum absolute atomic E-state index is 13.2. The molecule has 0 saturated heterocycles. The molecule has 4 heteroatoms. The molecule has 3 aromatic rings. The minimum Gasteiger partial charge on any atom is -0.478 e. The molecule has 0 amide bonds. The van der Waals surface area contributed by atoms with Crippen molar-refractivity contribution >= 4 is 16.9 Å². The largest absolute Gasteiger partial charge is 0.478 e. The summed E-state index contributed by atoms with van der Waals surface area (Å²) in [7, 11) is 0. The molecule has 2 aromatic carbocycles. The van der Waals surface area contributed by atoms with E-state index < -0.39 is 5.97 Å². The van der Waals surface area contributed by atoms with Gasteiger partial charge >= 0.3 is 5.97 Å². The lowest BCUT2D eigenvalue weighted by molar-refractivity contribution is 0.0697. The molecule has 2 unspecified atom stereocenters. The number of hydrogen-bond donors (Lipinski definition) is 1. The van der Waals surface area contributed by atoms with Gasteiger partial charge < -0.3 is 9.52 Å². The minimum absolute atomic E-state index is 0.0874. The molecule has 4 nitrogen and oxygen atoms in total. The van der Waals surface area contributed by atoms with E-state index in [9.17, 15) is 14.7 Å². The average molecular weight is 376 g/mol. The molecule has 0 bridgehead atoms. The van der Waals surface area contributed by atoms with E-state index in [4.69, 9.17) is 4.42 Å². The maximum atomic E-state index is 13.2. The number of aryl methyl sites for hydroxylation is 1. The number of carboxylic acid groups (broad SMARTS) is 1. The second-order valence-electron chi connectivity index (χ2n) is 7.54. The second kappa shape index (κ2) is 7.27. The van der Waals surface area contributed by atoms with Gasteiger partial charge in [-0.1, -0.05) is 44.5 Å². The van der Waals surface area contributed by atoms with E-state index in [0.29, 0.717) is 28.9 Å². The van der Waals surface area contributed by atoms with Crippen molar-refractivity contribution in [3.8, 4) is 0 Å². The number of benzene rings is 2. The second-order valence-corrected chi connectivity index (χ2v) is 7.54. The van der Waals surface area contributed by atoms with Gasteiger partial charge in [0.15, 0.2) is 5.43 Å². The van der Waals surface area contributed by atoms with Gasteiger partial charge in [0.05, 0.1) is 10.9 Å². The Bertz CT molecular complexity index is 1110. The lowest BCUT2D eigenvalue weighted by Gasteiger charge is -2.11. The van der Waals surface area contributed by atoms with Crippen molar-refractivity contribution in [3.05, 3.63) is 80.7 Å². The highest BCUT2D eigenvalue weighted by Gasteiger charge is 2.44. The number of carbonyl (C=O) groups is 1. The summed E-state index contributed by atoms with van der Waals surface area (Å²) in [5.74, 6) is 0.343. The first kappa shape index (κ1) is 18.5. The van der Waals surface area contributed by atoms with E-state index in [2.05, 4.69) is 31.2 Å². The lowest BCUT2D eigenvalue weighted by Crippen LogP contribution is -2.13. The summed E-state index contributed by atoms with van der Waals surface area (Å²) in [6.45, 7) is 4.20. The highest BCUT2D eigenvalue weighted by Crippen LogP contribution is 2.56. The van der Waals surface area contributed by atoms with Gasteiger partial charge in [-0.15, -0.1) is 0 Å². The third kappa shape index (κ3) is 3.13. The van der Waals surface area contributed by atoms with Crippen LogP contribution in [0, 0.1) is 0 Å². The zero-order valence-corrected chi connectivity index (χ0v) is 16.2. The summed E-state index contributed by atoms with van der Waals surface area (Å²) in [5.41, 5.74) is 3.90. The van der Waals surface area contributed by atoms with Crippen LogP contribution in [-0.4, -0.2) is 11.1 Å². The molecule has 0 aliphatic heterocycles. The third-order valence-corrected chi connectivity index (χ3v) is 5.73. The minimum atomic E-state index is -1.04. The molecule has 1 saturated carbocycles. The van der Waals surface area contributed by atoms with Crippen molar-refractivity contribution in [2.75, 3.05) is 0 Å². The Balaban J connectivity index is 1.81. The van der Waals surface area contributed by atoms with Crippen LogP contribution in [0.2, 0.25) is 0 Å². The monoisotopic (exact) mass is 376 g/mol. The quantitative estimate of drug-likeness (QED) is 0.636. The Morgan fingerprint density at radius 2 is 1.93 bits per heavy atom. The summed E-state index contributed by atoms with van der Waals surface area (Å²) in [6, 6.07) is 13.0. The summed E-state index contributed by atoms with van der Waals surface area (Å²) in [6.07, 6.45) is 3.45. The fraction of sp³-hybridized carbons (Fsp3) is 0.333. The van der Waals surface area contributed by atoms with Crippen LogP contribution in [0.25, 0.3) is 11.0 Å². The highest BCUT2D eigenvalue weighted by atomic mass is 16.4. The van der Waals surface area contributed by atoms with Crippen LogP contribution in [0.5, 0.6) is 0 Å². The van der Waals surface area contributed by atoms with Crippen LogP contribution in [0.4, 0.5) is 0 Å². The zero-order valence-electron chi connectivity index (χ0n) is 16.2. The molecule has 0 spiro atoms. The fourth-order valence-electron chi connectivity index (χ4n) is 4.22. The summed E-state index contributed by atoms with van der Waals surface area (Å²) >= 11 is 0. The molecular formula is C24H24O4. The molecule has 4 rings (SSSR count).